The zero-order valence-corrected chi connectivity index (χ0v) is 9.73. The van der Waals surface area contributed by atoms with Crippen molar-refractivity contribution in [2.45, 2.75) is 0 Å². The smallest absolute Gasteiger partial charge is 0.341 e. The summed E-state index contributed by atoms with van der Waals surface area (Å²) in [6.07, 6.45) is 1.18. The molecule has 0 amide bonds. The van der Waals surface area contributed by atoms with E-state index in [0.29, 0.717) is 10.7 Å². The summed E-state index contributed by atoms with van der Waals surface area (Å²) in [5.41, 5.74) is 1.39. The Morgan fingerprint density at radius 2 is 2.22 bits per heavy atom. The average Bonchev–Trinajstić information content (AvgIpc) is 2.93. The van der Waals surface area contributed by atoms with Crippen LogP contribution >= 0.6 is 11.6 Å². The minimum atomic E-state index is -1.08. The SMILES string of the molecule is O=C(O)c1cnoc1-c1cc2ccc(Cl)cc2[nH]1. The maximum atomic E-state index is 11.0. The number of halogens is 1. The van der Waals surface area contributed by atoms with Gasteiger partial charge in [0.05, 0.1) is 11.9 Å². The molecule has 0 bridgehead atoms. The lowest BCUT2D eigenvalue weighted by atomic mass is 10.2. The Bertz CT molecular complexity index is 745. The van der Waals surface area contributed by atoms with Gasteiger partial charge in [0.25, 0.3) is 0 Å². The molecule has 1 aromatic carbocycles. The lowest BCUT2D eigenvalue weighted by Gasteiger charge is -1.92. The van der Waals surface area contributed by atoms with Gasteiger partial charge in [-0.05, 0) is 18.2 Å². The van der Waals surface area contributed by atoms with Crippen LogP contribution in [0.15, 0.2) is 35.0 Å². The second-order valence-corrected chi connectivity index (χ2v) is 4.22. The number of carboxylic acids is 1. The van der Waals surface area contributed by atoms with E-state index in [4.69, 9.17) is 21.2 Å². The van der Waals surface area contributed by atoms with Crippen LogP contribution in [0.1, 0.15) is 10.4 Å². The zero-order chi connectivity index (χ0) is 12.7. The summed E-state index contributed by atoms with van der Waals surface area (Å²) < 4.78 is 4.98. The Balaban J connectivity index is 2.19. The number of carboxylic acid groups (broad SMARTS) is 1. The van der Waals surface area contributed by atoms with E-state index in [1.807, 2.05) is 6.07 Å². The Hall–Kier alpha value is -2.27. The van der Waals surface area contributed by atoms with Crippen molar-refractivity contribution in [2.75, 3.05) is 0 Å². The molecule has 0 fully saturated rings. The van der Waals surface area contributed by atoms with Crippen LogP contribution in [-0.2, 0) is 0 Å². The van der Waals surface area contributed by atoms with Crippen molar-refractivity contribution in [2.24, 2.45) is 0 Å². The van der Waals surface area contributed by atoms with Gasteiger partial charge < -0.3 is 14.6 Å². The van der Waals surface area contributed by atoms with E-state index in [-0.39, 0.29) is 11.3 Å². The Morgan fingerprint density at radius 3 is 3.00 bits per heavy atom. The molecule has 0 aliphatic carbocycles. The second-order valence-electron chi connectivity index (χ2n) is 3.79. The van der Waals surface area contributed by atoms with Gasteiger partial charge in [0, 0.05) is 15.9 Å². The Kier molecular flexibility index (Phi) is 2.34. The van der Waals surface area contributed by atoms with Gasteiger partial charge in [0.15, 0.2) is 5.76 Å². The first-order valence-electron chi connectivity index (χ1n) is 5.12. The van der Waals surface area contributed by atoms with Crippen molar-refractivity contribution in [3.63, 3.8) is 0 Å². The summed E-state index contributed by atoms with van der Waals surface area (Å²) in [4.78, 5) is 14.0. The van der Waals surface area contributed by atoms with Crippen LogP contribution in [0.5, 0.6) is 0 Å². The highest BCUT2D eigenvalue weighted by atomic mass is 35.5. The highest BCUT2D eigenvalue weighted by molar-refractivity contribution is 6.31. The first kappa shape index (κ1) is 10.9. The molecule has 2 heterocycles. The third-order valence-electron chi connectivity index (χ3n) is 2.63. The van der Waals surface area contributed by atoms with Crippen molar-refractivity contribution in [3.05, 3.63) is 41.0 Å². The molecule has 0 spiro atoms. The molecule has 3 aromatic rings. The van der Waals surface area contributed by atoms with Crippen LogP contribution in [0.2, 0.25) is 5.02 Å². The van der Waals surface area contributed by atoms with Crippen molar-refractivity contribution in [1.29, 1.82) is 0 Å². The van der Waals surface area contributed by atoms with Gasteiger partial charge in [-0.3, -0.25) is 0 Å². The Labute approximate surface area is 106 Å². The number of aromatic amines is 1. The van der Waals surface area contributed by atoms with E-state index in [1.54, 1.807) is 18.2 Å². The second kappa shape index (κ2) is 3.89. The molecule has 0 atom stereocenters. The standard InChI is InChI=1S/C12H7ClN2O3/c13-7-2-1-6-3-10(15-9(6)4-7)11-8(12(16)17)5-14-18-11/h1-5,15H,(H,16,17). The van der Waals surface area contributed by atoms with Crippen LogP contribution in [0.25, 0.3) is 22.4 Å². The van der Waals surface area contributed by atoms with Crippen LogP contribution in [0.4, 0.5) is 0 Å². The fraction of sp³-hybridized carbons (Fsp3) is 0. The molecule has 2 aromatic heterocycles. The monoisotopic (exact) mass is 262 g/mol. The minimum Gasteiger partial charge on any atom is -0.477 e. The quantitative estimate of drug-likeness (QED) is 0.743. The molecule has 0 aliphatic heterocycles. The molecule has 0 saturated carbocycles. The number of hydrogen-bond acceptors (Lipinski definition) is 3. The minimum absolute atomic E-state index is 0.0210. The van der Waals surface area contributed by atoms with Crippen LogP contribution < -0.4 is 0 Å². The molecular formula is C12H7ClN2O3. The fourth-order valence-corrected chi connectivity index (χ4v) is 1.98. The van der Waals surface area contributed by atoms with Gasteiger partial charge in [-0.25, -0.2) is 4.79 Å². The summed E-state index contributed by atoms with van der Waals surface area (Å²) in [6, 6.07) is 7.16. The molecular weight excluding hydrogens is 256 g/mol. The van der Waals surface area contributed by atoms with Gasteiger partial charge in [-0.2, -0.15) is 0 Å². The molecule has 0 unspecified atom stereocenters. The van der Waals surface area contributed by atoms with E-state index < -0.39 is 5.97 Å². The predicted molar refractivity (Wildman–Crippen MR) is 65.8 cm³/mol. The highest BCUT2D eigenvalue weighted by Gasteiger charge is 2.18. The lowest BCUT2D eigenvalue weighted by molar-refractivity contribution is 0.0697. The van der Waals surface area contributed by atoms with E-state index in [2.05, 4.69) is 10.1 Å². The van der Waals surface area contributed by atoms with Crippen molar-refractivity contribution >= 4 is 28.5 Å². The molecule has 0 radical (unpaired) electrons. The molecule has 3 rings (SSSR count). The topological polar surface area (TPSA) is 79.1 Å². The highest BCUT2D eigenvalue weighted by Crippen LogP contribution is 2.28. The number of nitrogens with zero attached hydrogens (tertiary/aromatic N) is 1. The van der Waals surface area contributed by atoms with Crippen LogP contribution in [0, 0.1) is 0 Å². The van der Waals surface area contributed by atoms with Gasteiger partial charge in [0.1, 0.15) is 5.56 Å². The van der Waals surface area contributed by atoms with Crippen molar-refractivity contribution in [1.82, 2.24) is 10.1 Å². The maximum Gasteiger partial charge on any atom is 0.341 e. The first-order chi connectivity index (χ1) is 8.65. The van der Waals surface area contributed by atoms with Crippen LogP contribution in [-0.4, -0.2) is 21.2 Å². The summed E-state index contributed by atoms with van der Waals surface area (Å²) in [5.74, 6) is -0.877. The van der Waals surface area contributed by atoms with E-state index in [9.17, 15) is 4.79 Å². The molecule has 0 saturated heterocycles. The molecule has 0 aliphatic rings. The van der Waals surface area contributed by atoms with E-state index in [1.165, 1.54) is 6.20 Å². The largest absolute Gasteiger partial charge is 0.477 e. The van der Waals surface area contributed by atoms with Crippen LogP contribution in [0.3, 0.4) is 0 Å². The fourth-order valence-electron chi connectivity index (χ4n) is 1.81. The molecule has 6 heteroatoms. The first-order valence-corrected chi connectivity index (χ1v) is 5.49. The lowest BCUT2D eigenvalue weighted by Crippen LogP contribution is -1.95. The third kappa shape index (κ3) is 1.65. The van der Waals surface area contributed by atoms with Gasteiger partial charge in [-0.15, -0.1) is 0 Å². The number of fused-ring (bicyclic) bond motifs is 1. The summed E-state index contributed by atoms with van der Waals surface area (Å²) in [6.45, 7) is 0. The summed E-state index contributed by atoms with van der Waals surface area (Å²) in [7, 11) is 0. The normalized spacial score (nSPS) is 10.9. The average molecular weight is 263 g/mol. The molecule has 90 valence electrons. The van der Waals surface area contributed by atoms with E-state index >= 15 is 0 Å². The number of benzene rings is 1. The number of hydrogen-bond donors (Lipinski definition) is 2. The van der Waals surface area contributed by atoms with Gasteiger partial charge in [0.2, 0.25) is 0 Å². The zero-order valence-electron chi connectivity index (χ0n) is 8.98. The summed E-state index contributed by atoms with van der Waals surface area (Å²) in [5, 5.41) is 14.0. The van der Waals surface area contributed by atoms with Gasteiger partial charge in [-0.1, -0.05) is 22.8 Å². The maximum absolute atomic E-state index is 11.0. The predicted octanol–water partition coefficient (Wildman–Crippen LogP) is 3.17. The van der Waals surface area contributed by atoms with Crippen molar-refractivity contribution < 1.29 is 14.4 Å². The summed E-state index contributed by atoms with van der Waals surface area (Å²) >= 11 is 5.88. The van der Waals surface area contributed by atoms with E-state index in [0.717, 1.165) is 10.9 Å². The molecule has 5 nitrogen and oxygen atoms in total. The van der Waals surface area contributed by atoms with Gasteiger partial charge >= 0.3 is 5.97 Å². The molecule has 2 N–H and O–H groups in total. The number of rotatable bonds is 2. The Morgan fingerprint density at radius 1 is 1.39 bits per heavy atom. The van der Waals surface area contributed by atoms with Crippen molar-refractivity contribution in [3.8, 4) is 11.5 Å². The number of carbonyl (C=O) groups is 1. The number of nitrogens with one attached hydrogen (secondary N) is 1. The number of aromatic carboxylic acids is 1. The number of aromatic nitrogens is 2. The number of H-pyrrole nitrogens is 1. The third-order valence-corrected chi connectivity index (χ3v) is 2.87. The molecule has 18 heavy (non-hydrogen) atoms.